The Morgan fingerprint density at radius 3 is 3.00 bits per heavy atom. The van der Waals surface area contributed by atoms with Gasteiger partial charge in [-0.25, -0.2) is 4.99 Å². The molecule has 1 aromatic rings. The van der Waals surface area contributed by atoms with Crippen LogP contribution in [0.1, 0.15) is 19.6 Å². The van der Waals surface area contributed by atoms with E-state index < -0.39 is 5.79 Å². The SMILES string of the molecule is CC1(C)Oc2c(CS)oc(N3CNC4=C(N)NC=N[C@H]43)c2O1. The molecule has 0 bridgehead atoms. The maximum absolute atomic E-state index is 5.94. The quantitative estimate of drug-likeness (QED) is 0.594. The number of thiol groups is 1. The van der Waals surface area contributed by atoms with Crippen LogP contribution in [-0.4, -0.2) is 25.0 Å². The van der Waals surface area contributed by atoms with Gasteiger partial charge in [-0.05, 0) is 0 Å². The number of furan rings is 1. The van der Waals surface area contributed by atoms with Gasteiger partial charge in [0.25, 0.3) is 0 Å². The van der Waals surface area contributed by atoms with Crippen molar-refractivity contribution in [1.82, 2.24) is 10.6 Å². The molecule has 4 N–H and O–H groups in total. The van der Waals surface area contributed by atoms with Gasteiger partial charge in [0.2, 0.25) is 23.2 Å². The Hall–Kier alpha value is -2.16. The number of hydrogen-bond donors (Lipinski definition) is 4. The third-order valence-electron chi connectivity index (χ3n) is 3.69. The average molecular weight is 323 g/mol. The molecule has 4 rings (SSSR count). The van der Waals surface area contributed by atoms with E-state index in [4.69, 9.17) is 19.6 Å². The van der Waals surface area contributed by atoms with Gasteiger partial charge in [-0.2, -0.15) is 12.6 Å². The summed E-state index contributed by atoms with van der Waals surface area (Å²) in [6.07, 6.45) is 1.31. The first kappa shape index (κ1) is 13.5. The summed E-state index contributed by atoms with van der Waals surface area (Å²) < 4.78 is 17.6. The Morgan fingerprint density at radius 2 is 2.23 bits per heavy atom. The summed E-state index contributed by atoms with van der Waals surface area (Å²) in [5.74, 6) is 2.66. The second-order valence-electron chi connectivity index (χ2n) is 5.68. The minimum atomic E-state index is -0.726. The van der Waals surface area contributed by atoms with Gasteiger partial charge < -0.3 is 30.3 Å². The van der Waals surface area contributed by atoms with Crippen LogP contribution in [0.5, 0.6) is 11.5 Å². The van der Waals surface area contributed by atoms with Crippen molar-refractivity contribution < 1.29 is 13.9 Å². The standard InChI is InChI=1S/C13H17N5O3S/c1-13(2)20-8-6(3-22)19-12(9(8)21-13)18-5-17-7-10(14)15-4-16-11(7)18/h4,11,17,22H,3,5,14H2,1-2H3,(H,15,16)/t11-/m0/s1. The van der Waals surface area contributed by atoms with E-state index in [2.05, 4.69) is 28.3 Å². The summed E-state index contributed by atoms with van der Waals surface area (Å²) in [4.78, 5) is 6.35. The van der Waals surface area contributed by atoms with Crippen LogP contribution in [0, 0.1) is 0 Å². The maximum atomic E-state index is 5.94. The molecule has 0 unspecified atom stereocenters. The van der Waals surface area contributed by atoms with Crippen LogP contribution < -0.4 is 30.7 Å². The van der Waals surface area contributed by atoms with Crippen molar-refractivity contribution in [3.05, 3.63) is 17.3 Å². The molecule has 118 valence electrons. The zero-order valence-electron chi connectivity index (χ0n) is 12.2. The first-order chi connectivity index (χ1) is 10.5. The number of hydrogen-bond acceptors (Lipinski definition) is 9. The fraction of sp³-hybridized carbons (Fsp3) is 0.462. The molecule has 0 aromatic carbocycles. The lowest BCUT2D eigenvalue weighted by molar-refractivity contribution is -0.0461. The Kier molecular flexibility index (Phi) is 2.71. The fourth-order valence-corrected chi connectivity index (χ4v) is 2.97. The van der Waals surface area contributed by atoms with E-state index in [1.165, 1.54) is 0 Å². The molecular formula is C13H17N5O3S. The summed E-state index contributed by atoms with van der Waals surface area (Å²) in [7, 11) is 0. The Balaban J connectivity index is 1.76. The van der Waals surface area contributed by atoms with Crippen LogP contribution in [0.15, 0.2) is 20.9 Å². The van der Waals surface area contributed by atoms with Crippen LogP contribution in [0.3, 0.4) is 0 Å². The minimum Gasteiger partial charge on any atom is -0.445 e. The van der Waals surface area contributed by atoms with Crippen LogP contribution >= 0.6 is 12.6 Å². The fourth-order valence-electron chi connectivity index (χ4n) is 2.76. The number of ether oxygens (including phenoxy) is 2. The molecule has 1 saturated heterocycles. The van der Waals surface area contributed by atoms with E-state index in [9.17, 15) is 0 Å². The van der Waals surface area contributed by atoms with Crippen molar-refractivity contribution in [2.45, 2.75) is 31.6 Å². The van der Waals surface area contributed by atoms with E-state index >= 15 is 0 Å². The lowest BCUT2D eigenvalue weighted by atomic mass is 10.3. The van der Waals surface area contributed by atoms with Crippen molar-refractivity contribution in [3.8, 4) is 11.5 Å². The van der Waals surface area contributed by atoms with E-state index in [-0.39, 0.29) is 6.17 Å². The lowest BCUT2D eigenvalue weighted by Gasteiger charge is -2.24. The molecule has 9 heteroatoms. The van der Waals surface area contributed by atoms with Gasteiger partial charge >= 0.3 is 0 Å². The van der Waals surface area contributed by atoms with E-state index in [0.717, 1.165) is 5.70 Å². The molecule has 1 atom stereocenters. The highest BCUT2D eigenvalue weighted by atomic mass is 32.1. The molecule has 0 aliphatic carbocycles. The zero-order chi connectivity index (χ0) is 15.5. The minimum absolute atomic E-state index is 0.267. The smallest absolute Gasteiger partial charge is 0.246 e. The van der Waals surface area contributed by atoms with Gasteiger partial charge in [0.1, 0.15) is 5.82 Å². The number of aliphatic imine (C=N–C) groups is 1. The largest absolute Gasteiger partial charge is 0.445 e. The predicted molar refractivity (Wildman–Crippen MR) is 83.8 cm³/mol. The molecule has 3 aliphatic rings. The average Bonchev–Trinajstić information content (AvgIpc) is 3.10. The summed E-state index contributed by atoms with van der Waals surface area (Å²) >= 11 is 4.30. The zero-order valence-corrected chi connectivity index (χ0v) is 13.1. The van der Waals surface area contributed by atoms with Crippen LogP contribution in [0.4, 0.5) is 5.88 Å². The number of rotatable bonds is 2. The molecular weight excluding hydrogens is 306 g/mol. The lowest BCUT2D eigenvalue weighted by Crippen LogP contribution is -2.36. The van der Waals surface area contributed by atoms with Crippen molar-refractivity contribution >= 4 is 24.9 Å². The number of anilines is 1. The molecule has 4 heterocycles. The first-order valence-corrected chi connectivity index (χ1v) is 7.56. The van der Waals surface area contributed by atoms with Gasteiger partial charge in [0.15, 0.2) is 11.9 Å². The third-order valence-corrected chi connectivity index (χ3v) is 3.98. The molecule has 3 aliphatic heterocycles. The van der Waals surface area contributed by atoms with Gasteiger partial charge in [0, 0.05) is 13.8 Å². The molecule has 0 spiro atoms. The first-order valence-electron chi connectivity index (χ1n) is 6.93. The molecule has 1 fully saturated rings. The monoisotopic (exact) mass is 323 g/mol. The van der Waals surface area contributed by atoms with Crippen molar-refractivity contribution in [1.29, 1.82) is 0 Å². The summed E-state index contributed by atoms with van der Waals surface area (Å²) in [5, 5.41) is 6.11. The Morgan fingerprint density at radius 1 is 1.45 bits per heavy atom. The number of nitrogens with zero attached hydrogens (tertiary/aromatic N) is 2. The summed E-state index contributed by atoms with van der Waals surface area (Å²) in [6.45, 7) is 4.22. The Bertz CT molecular complexity index is 696. The van der Waals surface area contributed by atoms with Gasteiger partial charge in [-0.3, -0.25) is 4.90 Å². The topological polar surface area (TPSA) is 97.3 Å². The van der Waals surface area contributed by atoms with Crippen molar-refractivity contribution in [2.75, 3.05) is 11.6 Å². The summed E-state index contributed by atoms with van der Waals surface area (Å²) in [6, 6.07) is 0. The second kappa shape index (κ2) is 4.42. The van der Waals surface area contributed by atoms with E-state index in [1.54, 1.807) is 6.34 Å². The molecule has 22 heavy (non-hydrogen) atoms. The van der Waals surface area contributed by atoms with Crippen LogP contribution in [-0.2, 0) is 5.75 Å². The molecule has 8 nitrogen and oxygen atoms in total. The summed E-state index contributed by atoms with van der Waals surface area (Å²) in [5.41, 5.74) is 6.75. The van der Waals surface area contributed by atoms with Gasteiger partial charge in [0.05, 0.1) is 24.5 Å². The molecule has 1 aromatic heterocycles. The molecule has 0 radical (unpaired) electrons. The van der Waals surface area contributed by atoms with Crippen LogP contribution in [0.2, 0.25) is 0 Å². The number of nitrogens with two attached hydrogens (primary N) is 1. The van der Waals surface area contributed by atoms with Crippen molar-refractivity contribution in [2.24, 2.45) is 10.7 Å². The van der Waals surface area contributed by atoms with E-state index in [0.29, 0.717) is 41.4 Å². The number of fused-ring (bicyclic) bond motifs is 2. The third kappa shape index (κ3) is 1.81. The van der Waals surface area contributed by atoms with Gasteiger partial charge in [-0.15, -0.1) is 0 Å². The molecule has 0 saturated carbocycles. The normalized spacial score (nSPS) is 24.3. The number of nitrogens with one attached hydrogen (secondary N) is 2. The predicted octanol–water partition coefficient (Wildman–Crippen LogP) is 0.669. The maximum Gasteiger partial charge on any atom is 0.246 e. The van der Waals surface area contributed by atoms with Crippen LogP contribution in [0.25, 0.3) is 0 Å². The highest BCUT2D eigenvalue weighted by Crippen LogP contribution is 2.52. The Labute approximate surface area is 132 Å². The highest BCUT2D eigenvalue weighted by Gasteiger charge is 2.44. The van der Waals surface area contributed by atoms with E-state index in [1.807, 2.05) is 18.7 Å². The van der Waals surface area contributed by atoms with Crippen molar-refractivity contribution in [3.63, 3.8) is 0 Å². The second-order valence-corrected chi connectivity index (χ2v) is 6.00. The van der Waals surface area contributed by atoms with Gasteiger partial charge in [-0.1, -0.05) is 0 Å². The molecule has 0 amide bonds. The highest BCUT2D eigenvalue weighted by molar-refractivity contribution is 7.79.